The summed E-state index contributed by atoms with van der Waals surface area (Å²) in [6.07, 6.45) is -0.192. The highest BCUT2D eigenvalue weighted by atomic mass is 35.5. The number of hydrogen-bond acceptors (Lipinski definition) is 4. The minimum Gasteiger partial charge on any atom is -0.495 e. The van der Waals surface area contributed by atoms with Gasteiger partial charge in [-0.1, -0.05) is 23.7 Å². The smallest absolute Gasteiger partial charge is 0.411 e. The van der Waals surface area contributed by atoms with Crippen LogP contribution in [0.4, 0.5) is 16.2 Å². The monoisotopic (exact) mass is 403 g/mol. The molecule has 3 rings (SSSR count). The largest absolute Gasteiger partial charge is 0.495 e. The summed E-state index contributed by atoms with van der Waals surface area (Å²) in [5, 5.41) is 10.4. The minimum absolute atomic E-state index is 0.438. The molecule has 0 radical (unpaired) electrons. The van der Waals surface area contributed by atoms with E-state index in [1.807, 2.05) is 24.3 Å². The second-order valence-corrected chi connectivity index (χ2v) is 7.20. The van der Waals surface area contributed by atoms with Gasteiger partial charge in [-0.3, -0.25) is 9.80 Å². The van der Waals surface area contributed by atoms with Gasteiger partial charge in [0.25, 0.3) is 0 Å². The molecule has 1 aliphatic heterocycles. The van der Waals surface area contributed by atoms with Crippen molar-refractivity contribution in [3.63, 3.8) is 0 Å². The van der Waals surface area contributed by atoms with Crippen LogP contribution in [-0.4, -0.2) is 62.5 Å². The number of carboxylic acid groups (broad SMARTS) is 1. The first-order valence-corrected chi connectivity index (χ1v) is 9.82. The van der Waals surface area contributed by atoms with E-state index in [-0.39, 0.29) is 0 Å². The number of ether oxygens (including phenoxy) is 1. The molecule has 2 aromatic carbocycles. The van der Waals surface area contributed by atoms with E-state index in [1.165, 1.54) is 10.6 Å². The molecule has 28 heavy (non-hydrogen) atoms. The molecule has 1 fully saturated rings. The fourth-order valence-corrected chi connectivity index (χ4v) is 3.63. The normalized spacial score (nSPS) is 14.7. The maximum Gasteiger partial charge on any atom is 0.411 e. The first-order chi connectivity index (χ1) is 13.6. The van der Waals surface area contributed by atoms with Crippen LogP contribution in [0.15, 0.2) is 48.5 Å². The number of rotatable bonds is 7. The number of carbonyl (C=O) groups is 1. The highest BCUT2D eigenvalue weighted by molar-refractivity contribution is 6.30. The van der Waals surface area contributed by atoms with Gasteiger partial charge in [-0.25, -0.2) is 4.79 Å². The first kappa shape index (κ1) is 20.3. The molecule has 1 N–H and O–H groups in total. The highest BCUT2D eigenvalue weighted by Crippen LogP contribution is 2.28. The van der Waals surface area contributed by atoms with Crippen LogP contribution in [0.25, 0.3) is 0 Å². The summed E-state index contributed by atoms with van der Waals surface area (Å²) in [5.74, 6) is 0.571. The molecule has 0 saturated carbocycles. The maximum absolute atomic E-state index is 11.7. The van der Waals surface area contributed by atoms with E-state index in [1.54, 1.807) is 19.2 Å². The Hall–Kier alpha value is -2.44. The van der Waals surface area contributed by atoms with E-state index in [9.17, 15) is 9.90 Å². The number of methoxy groups -OCH3 is 1. The van der Waals surface area contributed by atoms with Gasteiger partial charge in [-0.05, 0) is 49.4 Å². The van der Waals surface area contributed by atoms with Gasteiger partial charge in [-0.15, -0.1) is 0 Å². The lowest BCUT2D eigenvalue weighted by Gasteiger charge is -2.36. The Bertz CT molecular complexity index is 777. The molecule has 0 bridgehead atoms. The molecule has 0 atom stereocenters. The lowest BCUT2D eigenvalue weighted by molar-refractivity contribution is 0.200. The number of amides is 1. The van der Waals surface area contributed by atoms with E-state index in [0.717, 1.165) is 44.2 Å². The van der Waals surface area contributed by atoms with Gasteiger partial charge in [-0.2, -0.15) is 0 Å². The summed E-state index contributed by atoms with van der Waals surface area (Å²) in [6.45, 7) is 5.14. The zero-order valence-electron chi connectivity index (χ0n) is 16.1. The Morgan fingerprint density at radius 2 is 1.79 bits per heavy atom. The van der Waals surface area contributed by atoms with Crippen LogP contribution >= 0.6 is 11.6 Å². The second-order valence-electron chi connectivity index (χ2n) is 6.76. The number of anilines is 2. The average molecular weight is 404 g/mol. The molecule has 0 spiro atoms. The summed E-state index contributed by atoms with van der Waals surface area (Å²) in [4.78, 5) is 17.8. The fraction of sp³-hybridized carbons (Fsp3) is 0.381. The van der Waals surface area contributed by atoms with Gasteiger partial charge in [0.05, 0.1) is 12.8 Å². The van der Waals surface area contributed by atoms with Crippen LogP contribution < -0.4 is 14.5 Å². The maximum atomic E-state index is 11.7. The number of piperazine rings is 1. The number of nitrogens with zero attached hydrogens (tertiary/aromatic N) is 3. The van der Waals surface area contributed by atoms with Gasteiger partial charge >= 0.3 is 6.09 Å². The van der Waals surface area contributed by atoms with Gasteiger partial charge in [0, 0.05) is 43.4 Å². The van der Waals surface area contributed by atoms with Crippen LogP contribution in [-0.2, 0) is 0 Å². The molecule has 0 aliphatic carbocycles. The van der Waals surface area contributed by atoms with Crippen LogP contribution in [0.5, 0.6) is 5.75 Å². The first-order valence-electron chi connectivity index (χ1n) is 9.45. The molecule has 1 aliphatic rings. The third kappa shape index (κ3) is 5.09. The Balaban J connectivity index is 1.49. The third-order valence-corrected chi connectivity index (χ3v) is 5.28. The molecule has 1 heterocycles. The van der Waals surface area contributed by atoms with Crippen LogP contribution in [0, 0.1) is 0 Å². The Kier molecular flexibility index (Phi) is 7.01. The van der Waals surface area contributed by atoms with Crippen molar-refractivity contribution in [1.82, 2.24) is 4.90 Å². The summed E-state index contributed by atoms with van der Waals surface area (Å²) in [7, 11) is 1.55. The van der Waals surface area contributed by atoms with Gasteiger partial charge in [0.15, 0.2) is 0 Å². The predicted molar refractivity (Wildman–Crippen MR) is 113 cm³/mol. The van der Waals surface area contributed by atoms with Crippen molar-refractivity contribution in [1.29, 1.82) is 0 Å². The quantitative estimate of drug-likeness (QED) is 0.755. The van der Waals surface area contributed by atoms with Gasteiger partial charge in [0.1, 0.15) is 5.75 Å². The van der Waals surface area contributed by atoms with Crippen molar-refractivity contribution in [3.05, 3.63) is 53.6 Å². The van der Waals surface area contributed by atoms with Crippen molar-refractivity contribution in [2.45, 2.75) is 6.42 Å². The minimum atomic E-state index is -0.961. The van der Waals surface area contributed by atoms with E-state index >= 15 is 0 Å². The summed E-state index contributed by atoms with van der Waals surface area (Å²) >= 11 is 5.96. The topological polar surface area (TPSA) is 56.2 Å². The van der Waals surface area contributed by atoms with Crippen molar-refractivity contribution >= 4 is 29.1 Å². The summed E-state index contributed by atoms with van der Waals surface area (Å²) in [6, 6.07) is 15.2. The molecule has 0 aromatic heterocycles. The standard InChI is InChI=1S/C21H26ClN3O3/c1-28-20-6-3-2-5-19(20)25(21(26)27)12-4-11-23-13-15-24(16-14-23)18-9-7-17(22)8-10-18/h2-3,5-10H,4,11-16H2,1H3,(H,26,27). The van der Waals surface area contributed by atoms with Gasteiger partial charge < -0.3 is 14.7 Å². The van der Waals surface area contributed by atoms with Crippen molar-refractivity contribution in [2.24, 2.45) is 0 Å². The van der Waals surface area contributed by atoms with Gasteiger partial charge in [0.2, 0.25) is 0 Å². The summed E-state index contributed by atoms with van der Waals surface area (Å²) < 4.78 is 5.30. The molecule has 1 amide bonds. The predicted octanol–water partition coefficient (Wildman–Crippen LogP) is 4.05. The SMILES string of the molecule is COc1ccccc1N(CCCN1CCN(c2ccc(Cl)cc2)CC1)C(=O)O. The molecule has 7 heteroatoms. The van der Waals surface area contributed by atoms with E-state index in [0.29, 0.717) is 18.0 Å². The molecule has 150 valence electrons. The van der Waals surface area contributed by atoms with E-state index in [2.05, 4.69) is 21.9 Å². The van der Waals surface area contributed by atoms with E-state index < -0.39 is 6.09 Å². The van der Waals surface area contributed by atoms with E-state index in [4.69, 9.17) is 16.3 Å². The lowest BCUT2D eigenvalue weighted by atomic mass is 10.2. The Morgan fingerprint density at radius 3 is 2.43 bits per heavy atom. The Morgan fingerprint density at radius 1 is 1.11 bits per heavy atom. The third-order valence-electron chi connectivity index (χ3n) is 5.03. The van der Waals surface area contributed by atoms with Crippen molar-refractivity contribution in [2.75, 3.05) is 56.2 Å². The number of hydrogen-bond donors (Lipinski definition) is 1. The molecule has 0 unspecified atom stereocenters. The van der Waals surface area contributed by atoms with Crippen molar-refractivity contribution in [3.8, 4) is 5.75 Å². The second kappa shape index (κ2) is 9.66. The highest BCUT2D eigenvalue weighted by Gasteiger charge is 2.20. The van der Waals surface area contributed by atoms with Crippen LogP contribution in [0.3, 0.4) is 0 Å². The molecule has 6 nitrogen and oxygen atoms in total. The van der Waals surface area contributed by atoms with Crippen LogP contribution in [0.2, 0.25) is 5.02 Å². The molecule has 1 saturated heterocycles. The number of para-hydroxylation sites is 2. The Labute approximate surface area is 170 Å². The molecular formula is C21H26ClN3O3. The summed E-state index contributed by atoms with van der Waals surface area (Å²) in [5.41, 5.74) is 1.78. The lowest BCUT2D eigenvalue weighted by Crippen LogP contribution is -2.47. The number of benzene rings is 2. The fourth-order valence-electron chi connectivity index (χ4n) is 3.51. The number of halogens is 1. The van der Waals surface area contributed by atoms with Crippen molar-refractivity contribution < 1.29 is 14.6 Å². The molecule has 2 aromatic rings. The average Bonchev–Trinajstić information content (AvgIpc) is 2.72. The molecular weight excluding hydrogens is 378 g/mol. The van der Waals surface area contributed by atoms with Crippen LogP contribution in [0.1, 0.15) is 6.42 Å². The zero-order chi connectivity index (χ0) is 19.9. The zero-order valence-corrected chi connectivity index (χ0v) is 16.8.